The number of aryl methyl sites for hydroxylation is 1. The molecule has 1 atom stereocenters. The number of nitrogens with two attached hydrogens (primary N) is 1. The van der Waals surface area contributed by atoms with Gasteiger partial charge in [0.25, 0.3) is 0 Å². The standard InChI is InChI=1S/C22H16ClF5N8O5/c1-20(18-34-36(7-11(37)38)19(40)41-18)12-14(29)30-16(31-15(12)32-17(20)39)13-9-3-2-8(23)6-10(9)35(33-13)5-4-21(24,25)22(26,27)28/h2-3,6H,4-5,7H2,1H3,(H,37,38)(H3,29,30,31,32,39)/t20-/m0/s1. The molecule has 0 radical (unpaired) electrons. The molecule has 1 aromatic carbocycles. The smallest absolute Gasteiger partial charge is 0.453 e. The molecule has 4 aromatic rings. The van der Waals surface area contributed by atoms with Gasteiger partial charge in [-0.15, -0.1) is 5.10 Å². The van der Waals surface area contributed by atoms with Crippen LogP contribution in [-0.2, 0) is 28.1 Å². The number of aromatic nitrogens is 6. The predicted octanol–water partition coefficient (Wildman–Crippen LogP) is 2.81. The van der Waals surface area contributed by atoms with Gasteiger partial charge in [0.05, 0.1) is 11.1 Å². The lowest BCUT2D eigenvalue weighted by Crippen LogP contribution is -2.37. The molecule has 41 heavy (non-hydrogen) atoms. The van der Waals surface area contributed by atoms with Crippen LogP contribution in [0, 0.1) is 0 Å². The van der Waals surface area contributed by atoms with E-state index < -0.39 is 60.5 Å². The highest BCUT2D eigenvalue weighted by atomic mass is 35.5. The molecule has 0 saturated heterocycles. The third-order valence-corrected chi connectivity index (χ3v) is 6.65. The van der Waals surface area contributed by atoms with E-state index in [0.717, 1.165) is 4.68 Å². The summed E-state index contributed by atoms with van der Waals surface area (Å²) < 4.78 is 71.9. The number of anilines is 2. The van der Waals surface area contributed by atoms with E-state index >= 15 is 0 Å². The Labute approximate surface area is 228 Å². The van der Waals surface area contributed by atoms with Gasteiger partial charge in [0.2, 0.25) is 11.8 Å². The number of hydrogen-bond acceptors (Lipinski definition) is 9. The number of benzene rings is 1. The number of rotatable bonds is 7. The number of nitrogen functional groups attached to an aromatic ring is 1. The first-order valence-electron chi connectivity index (χ1n) is 11.4. The summed E-state index contributed by atoms with van der Waals surface area (Å²) in [6.07, 6.45) is -7.37. The van der Waals surface area contributed by atoms with Gasteiger partial charge in [-0.2, -0.15) is 31.7 Å². The first-order valence-corrected chi connectivity index (χ1v) is 11.8. The van der Waals surface area contributed by atoms with E-state index in [0.29, 0.717) is 4.68 Å². The fourth-order valence-corrected chi connectivity index (χ4v) is 4.49. The summed E-state index contributed by atoms with van der Waals surface area (Å²) in [6, 6.07) is 4.16. The predicted molar refractivity (Wildman–Crippen MR) is 129 cm³/mol. The second kappa shape index (κ2) is 9.22. The van der Waals surface area contributed by atoms with Crippen LogP contribution in [0.5, 0.6) is 0 Å². The maximum atomic E-state index is 13.6. The highest BCUT2D eigenvalue weighted by Crippen LogP contribution is 2.44. The van der Waals surface area contributed by atoms with Crippen molar-refractivity contribution in [2.75, 3.05) is 11.1 Å². The summed E-state index contributed by atoms with van der Waals surface area (Å²) in [5, 5.41) is 19.7. The van der Waals surface area contributed by atoms with E-state index in [-0.39, 0.29) is 44.6 Å². The summed E-state index contributed by atoms with van der Waals surface area (Å²) in [5.74, 6) is -9.51. The Morgan fingerprint density at radius 1 is 1.17 bits per heavy atom. The molecule has 0 bridgehead atoms. The Morgan fingerprint density at radius 2 is 1.88 bits per heavy atom. The Kier molecular flexibility index (Phi) is 6.28. The minimum absolute atomic E-state index is 0.0634. The quantitative estimate of drug-likeness (QED) is 0.266. The van der Waals surface area contributed by atoms with Gasteiger partial charge < -0.3 is 20.6 Å². The first kappa shape index (κ1) is 27.9. The Morgan fingerprint density at radius 3 is 2.54 bits per heavy atom. The molecule has 0 aliphatic carbocycles. The van der Waals surface area contributed by atoms with E-state index in [1.165, 1.54) is 25.1 Å². The largest absolute Gasteiger partial charge is 0.480 e. The van der Waals surface area contributed by atoms with E-state index in [1.807, 2.05) is 0 Å². The molecule has 1 aliphatic heterocycles. The number of alkyl halides is 5. The van der Waals surface area contributed by atoms with Crippen molar-refractivity contribution in [2.24, 2.45) is 0 Å². The van der Waals surface area contributed by atoms with Gasteiger partial charge in [-0.1, -0.05) is 11.6 Å². The highest BCUT2D eigenvalue weighted by molar-refractivity contribution is 6.31. The molecular weight excluding hydrogens is 587 g/mol. The highest BCUT2D eigenvalue weighted by Gasteiger charge is 2.57. The summed E-state index contributed by atoms with van der Waals surface area (Å²) in [6.45, 7) is -0.403. The molecule has 1 aliphatic rings. The van der Waals surface area contributed by atoms with Gasteiger partial charge in [-0.05, 0) is 25.1 Å². The first-order chi connectivity index (χ1) is 19.0. The van der Waals surface area contributed by atoms with Crippen LogP contribution in [0.15, 0.2) is 27.4 Å². The number of aliphatic carboxylic acids is 1. The molecule has 0 saturated carbocycles. The van der Waals surface area contributed by atoms with Crippen LogP contribution >= 0.6 is 11.6 Å². The number of amides is 1. The third kappa shape index (κ3) is 4.52. The second-order valence-corrected chi connectivity index (χ2v) is 9.58. The van der Waals surface area contributed by atoms with Crippen molar-refractivity contribution in [3.63, 3.8) is 0 Å². The number of carboxylic acid groups (broad SMARTS) is 1. The zero-order chi connectivity index (χ0) is 30.1. The Hall–Kier alpha value is -4.61. The van der Waals surface area contributed by atoms with E-state index in [2.05, 4.69) is 25.5 Å². The van der Waals surface area contributed by atoms with Crippen molar-refractivity contribution in [1.29, 1.82) is 0 Å². The SMILES string of the molecule is C[C@@]1(c2nn(CC(=O)O)c(=O)o2)C(=O)Nc2nc(-c3nn(CCC(F)(F)C(F)(F)F)c4cc(Cl)ccc34)nc(N)c21. The average Bonchev–Trinajstić information content (AvgIpc) is 3.49. The average molecular weight is 603 g/mol. The van der Waals surface area contributed by atoms with E-state index in [1.54, 1.807) is 0 Å². The molecule has 13 nitrogen and oxygen atoms in total. The van der Waals surface area contributed by atoms with Crippen LogP contribution in [0.1, 0.15) is 24.8 Å². The van der Waals surface area contributed by atoms with Crippen molar-refractivity contribution < 1.29 is 41.1 Å². The van der Waals surface area contributed by atoms with Gasteiger partial charge in [0.15, 0.2) is 11.2 Å². The molecular formula is C22H16ClF5N8O5. The van der Waals surface area contributed by atoms with Gasteiger partial charge >= 0.3 is 23.8 Å². The number of nitrogens with one attached hydrogen (secondary N) is 1. The third-order valence-electron chi connectivity index (χ3n) is 6.42. The maximum absolute atomic E-state index is 13.6. The van der Waals surface area contributed by atoms with E-state index in [4.69, 9.17) is 26.9 Å². The van der Waals surface area contributed by atoms with Crippen LogP contribution in [0.2, 0.25) is 5.02 Å². The monoisotopic (exact) mass is 602 g/mol. The zero-order valence-corrected chi connectivity index (χ0v) is 21.2. The van der Waals surface area contributed by atoms with Crippen molar-refractivity contribution in [2.45, 2.75) is 43.9 Å². The molecule has 1 amide bonds. The number of carbonyl (C=O) groups is 2. The van der Waals surface area contributed by atoms with Crippen LogP contribution in [0.4, 0.5) is 33.6 Å². The van der Waals surface area contributed by atoms with Crippen molar-refractivity contribution in [3.05, 3.63) is 45.2 Å². The molecule has 216 valence electrons. The van der Waals surface area contributed by atoms with Crippen molar-refractivity contribution in [1.82, 2.24) is 29.5 Å². The second-order valence-electron chi connectivity index (χ2n) is 9.15. The van der Waals surface area contributed by atoms with Crippen molar-refractivity contribution >= 4 is 46.0 Å². The van der Waals surface area contributed by atoms with Crippen molar-refractivity contribution in [3.8, 4) is 11.5 Å². The number of carboxylic acids is 1. The Bertz CT molecular complexity index is 1800. The van der Waals surface area contributed by atoms with Crippen LogP contribution in [-0.4, -0.2) is 58.6 Å². The van der Waals surface area contributed by atoms with Gasteiger partial charge in [-0.3, -0.25) is 14.3 Å². The number of hydrogen-bond donors (Lipinski definition) is 3. The molecule has 0 fully saturated rings. The lowest BCUT2D eigenvalue weighted by molar-refractivity contribution is -0.285. The van der Waals surface area contributed by atoms with Crippen LogP contribution in [0.3, 0.4) is 0 Å². The maximum Gasteiger partial charge on any atom is 0.453 e. The van der Waals surface area contributed by atoms with Gasteiger partial charge in [-0.25, -0.2) is 14.8 Å². The number of carbonyl (C=O) groups excluding carboxylic acids is 1. The number of halogens is 6. The fourth-order valence-electron chi connectivity index (χ4n) is 4.32. The minimum atomic E-state index is -5.76. The molecule has 4 N–H and O–H groups in total. The molecule has 19 heteroatoms. The zero-order valence-electron chi connectivity index (χ0n) is 20.5. The van der Waals surface area contributed by atoms with Crippen LogP contribution < -0.4 is 16.8 Å². The molecule has 4 heterocycles. The minimum Gasteiger partial charge on any atom is -0.480 e. The fraction of sp³-hybridized carbons (Fsp3) is 0.318. The van der Waals surface area contributed by atoms with Gasteiger partial charge in [0.1, 0.15) is 23.9 Å². The van der Waals surface area contributed by atoms with Gasteiger partial charge in [0, 0.05) is 23.4 Å². The van der Waals surface area contributed by atoms with E-state index in [9.17, 15) is 36.3 Å². The summed E-state index contributed by atoms with van der Waals surface area (Å²) in [7, 11) is 0. The molecule has 0 spiro atoms. The summed E-state index contributed by atoms with van der Waals surface area (Å²) in [5.41, 5.74) is 4.29. The summed E-state index contributed by atoms with van der Waals surface area (Å²) >= 11 is 6.02. The molecule has 5 rings (SSSR count). The number of fused-ring (bicyclic) bond motifs is 2. The summed E-state index contributed by atoms with van der Waals surface area (Å²) in [4.78, 5) is 44.6. The normalized spacial score (nSPS) is 17.2. The molecule has 0 unspecified atom stereocenters. The Balaban J connectivity index is 1.59. The lowest BCUT2D eigenvalue weighted by Gasteiger charge is -2.19. The number of nitrogens with zero attached hydrogens (tertiary/aromatic N) is 6. The topological polar surface area (TPSA) is 184 Å². The molecule has 3 aromatic heterocycles. The van der Waals surface area contributed by atoms with Crippen LogP contribution in [0.25, 0.3) is 22.4 Å². The lowest BCUT2D eigenvalue weighted by atomic mass is 9.84.